The molecular formula is C17H13BrCl2N4O2. The normalized spacial score (nSPS) is 11.1. The maximum absolute atomic E-state index is 6.19. The lowest BCUT2D eigenvalue weighted by molar-refractivity contribution is 0.282. The Morgan fingerprint density at radius 1 is 1.27 bits per heavy atom. The van der Waals surface area contributed by atoms with Crippen molar-refractivity contribution in [3.63, 3.8) is 0 Å². The van der Waals surface area contributed by atoms with Crippen molar-refractivity contribution >= 4 is 51.3 Å². The summed E-state index contributed by atoms with van der Waals surface area (Å²) in [6.07, 6.45) is 3.03. The summed E-state index contributed by atoms with van der Waals surface area (Å²) in [6.45, 7) is 0.207. The van der Waals surface area contributed by atoms with Gasteiger partial charge in [-0.15, -0.1) is 0 Å². The number of aromatic nitrogens is 3. The first-order valence-corrected chi connectivity index (χ1v) is 8.96. The van der Waals surface area contributed by atoms with Crippen LogP contribution in [-0.4, -0.2) is 28.5 Å². The number of hydrogen-bond donors (Lipinski definition) is 1. The van der Waals surface area contributed by atoms with Gasteiger partial charge in [0.15, 0.2) is 11.5 Å². The maximum Gasteiger partial charge on any atom is 0.245 e. The molecular weight excluding hydrogens is 443 g/mol. The summed E-state index contributed by atoms with van der Waals surface area (Å²) in [5.41, 5.74) is 1.51. The third-order valence-electron chi connectivity index (χ3n) is 3.41. The molecule has 0 fully saturated rings. The smallest absolute Gasteiger partial charge is 0.245 e. The van der Waals surface area contributed by atoms with Crippen LogP contribution in [0.3, 0.4) is 0 Å². The number of ether oxygens (including phenoxy) is 2. The van der Waals surface area contributed by atoms with Crippen molar-refractivity contribution in [1.29, 1.82) is 0 Å². The van der Waals surface area contributed by atoms with Gasteiger partial charge in [-0.25, -0.2) is 10.1 Å². The second-order valence-electron chi connectivity index (χ2n) is 5.09. The van der Waals surface area contributed by atoms with Crippen molar-refractivity contribution in [1.82, 2.24) is 15.2 Å². The molecule has 0 saturated heterocycles. The Morgan fingerprint density at radius 3 is 2.69 bits per heavy atom. The highest BCUT2D eigenvalue weighted by Crippen LogP contribution is 2.37. The molecule has 0 amide bonds. The molecule has 0 spiro atoms. The van der Waals surface area contributed by atoms with E-state index in [1.807, 2.05) is 6.07 Å². The Bertz CT molecular complexity index is 913. The van der Waals surface area contributed by atoms with Crippen LogP contribution in [0, 0.1) is 0 Å². The minimum Gasteiger partial charge on any atom is -0.493 e. The van der Waals surface area contributed by atoms with Gasteiger partial charge in [0.05, 0.1) is 11.6 Å². The zero-order chi connectivity index (χ0) is 18.5. The van der Waals surface area contributed by atoms with Crippen molar-refractivity contribution in [2.24, 2.45) is 4.99 Å². The number of nitrogens with zero attached hydrogens (tertiary/aromatic N) is 3. The Kier molecular flexibility index (Phi) is 6.13. The van der Waals surface area contributed by atoms with Crippen LogP contribution in [0.5, 0.6) is 11.5 Å². The number of H-pyrrole nitrogens is 1. The molecule has 26 heavy (non-hydrogen) atoms. The third kappa shape index (κ3) is 4.35. The Morgan fingerprint density at radius 2 is 2.04 bits per heavy atom. The summed E-state index contributed by atoms with van der Waals surface area (Å²) in [4.78, 5) is 8.13. The summed E-state index contributed by atoms with van der Waals surface area (Å²) in [7, 11) is 1.56. The molecule has 2 aromatic carbocycles. The fourth-order valence-electron chi connectivity index (χ4n) is 2.17. The molecule has 6 nitrogen and oxygen atoms in total. The lowest BCUT2D eigenvalue weighted by Crippen LogP contribution is -2.01. The highest BCUT2D eigenvalue weighted by atomic mass is 79.9. The van der Waals surface area contributed by atoms with Crippen molar-refractivity contribution in [2.45, 2.75) is 6.61 Å². The van der Waals surface area contributed by atoms with Gasteiger partial charge < -0.3 is 9.47 Å². The molecule has 0 saturated carbocycles. The number of rotatable bonds is 6. The second kappa shape index (κ2) is 8.53. The van der Waals surface area contributed by atoms with Crippen LogP contribution in [-0.2, 0) is 6.61 Å². The Hall–Kier alpha value is -2.09. The average Bonchev–Trinajstić information content (AvgIpc) is 3.14. The molecule has 3 rings (SSSR count). The number of aliphatic imine (C=N–C) groups is 1. The molecule has 134 valence electrons. The van der Waals surface area contributed by atoms with E-state index in [2.05, 4.69) is 36.1 Å². The molecule has 0 aliphatic heterocycles. The van der Waals surface area contributed by atoms with Gasteiger partial charge in [-0.2, -0.15) is 10.1 Å². The van der Waals surface area contributed by atoms with Crippen molar-refractivity contribution in [3.05, 3.63) is 62.3 Å². The summed E-state index contributed by atoms with van der Waals surface area (Å²) in [5.74, 6) is 1.50. The highest BCUT2D eigenvalue weighted by molar-refractivity contribution is 9.10. The summed E-state index contributed by atoms with van der Waals surface area (Å²) in [5, 5.41) is 7.49. The van der Waals surface area contributed by atoms with Gasteiger partial charge in [0.1, 0.15) is 12.9 Å². The lowest BCUT2D eigenvalue weighted by Gasteiger charge is -2.14. The van der Waals surface area contributed by atoms with Crippen molar-refractivity contribution in [3.8, 4) is 11.5 Å². The fraction of sp³-hybridized carbons (Fsp3) is 0.118. The van der Waals surface area contributed by atoms with Gasteiger partial charge in [-0.05, 0) is 45.8 Å². The van der Waals surface area contributed by atoms with Crippen LogP contribution in [0.2, 0.25) is 10.0 Å². The Balaban J connectivity index is 1.83. The third-order valence-corrected chi connectivity index (χ3v) is 4.71. The molecule has 1 aromatic heterocycles. The molecule has 0 unspecified atom stereocenters. The van der Waals surface area contributed by atoms with Crippen LogP contribution in [0.4, 0.5) is 5.95 Å². The minimum atomic E-state index is 0.207. The maximum atomic E-state index is 6.19. The number of benzene rings is 2. The molecule has 0 bridgehead atoms. The molecule has 0 aliphatic rings. The number of nitrogens with one attached hydrogen (secondary N) is 1. The molecule has 1 N–H and O–H groups in total. The highest BCUT2D eigenvalue weighted by Gasteiger charge is 2.13. The standard InChI is InChI=1S/C17H13BrCl2N4O2/c1-25-15-6-10(7-21-17-22-9-23-24-17)5-12(18)16(15)26-8-11-13(19)3-2-4-14(11)20/h2-7,9H,8H2,1H3,(H,22,23,24)/b21-7+. The van der Waals surface area contributed by atoms with Crippen LogP contribution in [0.15, 0.2) is 46.1 Å². The number of halogens is 3. The largest absolute Gasteiger partial charge is 0.493 e. The van der Waals surface area contributed by atoms with Crippen LogP contribution in [0.1, 0.15) is 11.1 Å². The molecule has 0 aliphatic carbocycles. The first kappa shape index (κ1) is 18.7. The van der Waals surface area contributed by atoms with Crippen LogP contribution in [0.25, 0.3) is 0 Å². The molecule has 3 aromatic rings. The Labute approximate surface area is 168 Å². The first-order valence-electron chi connectivity index (χ1n) is 7.41. The fourth-order valence-corrected chi connectivity index (χ4v) is 3.25. The molecule has 9 heteroatoms. The van der Waals surface area contributed by atoms with E-state index in [0.717, 1.165) is 5.56 Å². The summed E-state index contributed by atoms with van der Waals surface area (Å²) >= 11 is 15.9. The molecule has 1 heterocycles. The van der Waals surface area contributed by atoms with Crippen molar-refractivity contribution in [2.75, 3.05) is 7.11 Å². The lowest BCUT2D eigenvalue weighted by atomic mass is 10.2. The predicted octanol–water partition coefficient (Wildman–Crippen LogP) is 5.21. The van der Waals surface area contributed by atoms with Gasteiger partial charge in [0.25, 0.3) is 0 Å². The van der Waals surface area contributed by atoms with E-state index in [4.69, 9.17) is 32.7 Å². The van der Waals surface area contributed by atoms with Gasteiger partial charge in [0.2, 0.25) is 5.95 Å². The van der Waals surface area contributed by atoms with E-state index in [9.17, 15) is 0 Å². The minimum absolute atomic E-state index is 0.207. The first-order chi connectivity index (χ1) is 12.6. The summed E-state index contributed by atoms with van der Waals surface area (Å²) < 4.78 is 12.0. The van der Waals surface area contributed by atoms with E-state index in [1.54, 1.807) is 37.6 Å². The van der Waals surface area contributed by atoms with E-state index in [0.29, 0.717) is 37.5 Å². The SMILES string of the molecule is COc1cc(/C=N/c2ncn[nH]2)cc(Br)c1OCc1c(Cl)cccc1Cl. The van der Waals surface area contributed by atoms with Gasteiger partial charge in [-0.1, -0.05) is 29.3 Å². The number of methoxy groups -OCH3 is 1. The van der Waals surface area contributed by atoms with Crippen molar-refractivity contribution < 1.29 is 9.47 Å². The van der Waals surface area contributed by atoms with E-state index in [-0.39, 0.29) is 6.61 Å². The topological polar surface area (TPSA) is 72.4 Å². The quantitative estimate of drug-likeness (QED) is 0.517. The van der Waals surface area contributed by atoms with Gasteiger partial charge in [-0.3, -0.25) is 0 Å². The van der Waals surface area contributed by atoms with Crippen LogP contribution >= 0.6 is 39.1 Å². The van der Waals surface area contributed by atoms with Crippen LogP contribution < -0.4 is 9.47 Å². The zero-order valence-corrected chi connectivity index (χ0v) is 16.6. The second-order valence-corrected chi connectivity index (χ2v) is 6.76. The molecule has 0 atom stereocenters. The van der Waals surface area contributed by atoms with Gasteiger partial charge in [0, 0.05) is 21.8 Å². The number of aromatic amines is 1. The summed E-state index contributed by atoms with van der Waals surface area (Å²) in [6, 6.07) is 8.97. The van der Waals surface area contributed by atoms with E-state index in [1.165, 1.54) is 6.33 Å². The zero-order valence-electron chi connectivity index (χ0n) is 13.5. The monoisotopic (exact) mass is 454 g/mol. The van der Waals surface area contributed by atoms with E-state index < -0.39 is 0 Å². The average molecular weight is 456 g/mol. The predicted molar refractivity (Wildman–Crippen MR) is 105 cm³/mol. The molecule has 0 radical (unpaired) electrons. The number of hydrogen-bond acceptors (Lipinski definition) is 5. The van der Waals surface area contributed by atoms with Gasteiger partial charge >= 0.3 is 0 Å². The van der Waals surface area contributed by atoms with E-state index >= 15 is 0 Å².